The van der Waals surface area contributed by atoms with Crippen molar-refractivity contribution in [3.63, 3.8) is 0 Å². The summed E-state index contributed by atoms with van der Waals surface area (Å²) in [4.78, 5) is 0. The Morgan fingerprint density at radius 1 is 1.12 bits per heavy atom. The molecule has 17 heavy (non-hydrogen) atoms. The fraction of sp³-hybridized carbons (Fsp3) is 0.600. The maximum atomic E-state index is 5.74. The Labute approximate surface area is 105 Å². The van der Waals surface area contributed by atoms with Gasteiger partial charge < -0.3 is 10.1 Å². The second kappa shape index (κ2) is 9.06. The van der Waals surface area contributed by atoms with Gasteiger partial charge in [-0.25, -0.2) is 0 Å². The fourth-order valence-electron chi connectivity index (χ4n) is 1.97. The fourth-order valence-corrected chi connectivity index (χ4v) is 1.97. The smallest absolute Gasteiger partial charge is 0.119 e. The molecule has 0 fully saturated rings. The van der Waals surface area contributed by atoms with Crippen LogP contribution in [-0.2, 0) is 0 Å². The third-order valence-corrected chi connectivity index (χ3v) is 2.92. The zero-order valence-electron chi connectivity index (χ0n) is 11.1. The first-order valence-corrected chi connectivity index (χ1v) is 6.75. The van der Waals surface area contributed by atoms with Gasteiger partial charge in [-0.1, -0.05) is 38.5 Å². The van der Waals surface area contributed by atoms with E-state index >= 15 is 0 Å². The molecule has 1 rings (SSSR count). The summed E-state index contributed by atoms with van der Waals surface area (Å²) in [6.45, 7) is 7.39. The van der Waals surface area contributed by atoms with E-state index in [1.807, 2.05) is 30.3 Å². The van der Waals surface area contributed by atoms with E-state index in [4.69, 9.17) is 4.74 Å². The first-order valence-electron chi connectivity index (χ1n) is 6.75. The van der Waals surface area contributed by atoms with Crippen LogP contribution in [0.25, 0.3) is 0 Å². The molecule has 0 spiro atoms. The van der Waals surface area contributed by atoms with Crippen LogP contribution in [-0.4, -0.2) is 19.7 Å². The molecule has 1 N–H and O–H groups in total. The average molecular weight is 235 g/mol. The minimum atomic E-state index is 0.740. The maximum absolute atomic E-state index is 5.74. The molecule has 2 nitrogen and oxygen atoms in total. The molecule has 0 aromatic heterocycles. The third kappa shape index (κ3) is 6.32. The van der Waals surface area contributed by atoms with Crippen molar-refractivity contribution in [3.05, 3.63) is 30.3 Å². The number of benzene rings is 1. The summed E-state index contributed by atoms with van der Waals surface area (Å²) >= 11 is 0. The highest BCUT2D eigenvalue weighted by molar-refractivity contribution is 5.20. The lowest BCUT2D eigenvalue weighted by Gasteiger charge is -2.16. The second-order valence-corrected chi connectivity index (χ2v) is 4.41. The highest BCUT2D eigenvalue weighted by atomic mass is 16.5. The first-order chi connectivity index (χ1) is 8.36. The van der Waals surface area contributed by atoms with E-state index in [0.717, 1.165) is 37.8 Å². The molecule has 0 saturated heterocycles. The van der Waals surface area contributed by atoms with E-state index in [-0.39, 0.29) is 0 Å². The Bertz CT molecular complexity index is 274. The first kappa shape index (κ1) is 14.0. The van der Waals surface area contributed by atoms with Crippen LogP contribution in [0.2, 0.25) is 0 Å². The summed E-state index contributed by atoms with van der Waals surface area (Å²) < 4.78 is 5.74. The molecule has 0 radical (unpaired) electrons. The van der Waals surface area contributed by atoms with E-state index < -0.39 is 0 Å². The molecule has 0 bridgehead atoms. The predicted octanol–water partition coefficient (Wildman–Crippen LogP) is 3.48. The van der Waals surface area contributed by atoms with Crippen LogP contribution in [0, 0.1) is 5.92 Å². The van der Waals surface area contributed by atoms with Gasteiger partial charge >= 0.3 is 0 Å². The van der Waals surface area contributed by atoms with E-state index in [1.165, 1.54) is 12.8 Å². The number of nitrogens with one attached hydrogen (secondary N) is 1. The Balaban J connectivity index is 2.22. The Morgan fingerprint density at radius 3 is 2.53 bits per heavy atom. The Morgan fingerprint density at radius 2 is 1.88 bits per heavy atom. The summed E-state index contributed by atoms with van der Waals surface area (Å²) in [5, 5.41) is 3.43. The van der Waals surface area contributed by atoms with Gasteiger partial charge in [0, 0.05) is 0 Å². The molecule has 0 saturated carbocycles. The molecule has 0 aliphatic heterocycles. The zero-order valence-corrected chi connectivity index (χ0v) is 11.1. The molecule has 0 aliphatic rings. The van der Waals surface area contributed by atoms with E-state index in [9.17, 15) is 0 Å². The van der Waals surface area contributed by atoms with Crippen LogP contribution in [0.1, 0.15) is 33.1 Å². The third-order valence-electron chi connectivity index (χ3n) is 2.92. The van der Waals surface area contributed by atoms with Gasteiger partial charge in [0.2, 0.25) is 0 Å². The molecule has 1 atom stereocenters. The van der Waals surface area contributed by atoms with Crippen molar-refractivity contribution in [1.29, 1.82) is 0 Å². The van der Waals surface area contributed by atoms with Gasteiger partial charge in [-0.3, -0.25) is 0 Å². The standard InChI is InChI=1S/C15H25NO/c1-3-8-14(13-16-4-2)11-12-17-15-9-6-5-7-10-15/h5-7,9-10,14,16H,3-4,8,11-13H2,1-2H3. The van der Waals surface area contributed by atoms with Crippen LogP contribution in [0.15, 0.2) is 30.3 Å². The number of ether oxygens (including phenoxy) is 1. The SMILES string of the molecule is CCCC(CCOc1ccccc1)CNCC. The van der Waals surface area contributed by atoms with E-state index in [1.54, 1.807) is 0 Å². The molecule has 0 aliphatic carbocycles. The molecule has 0 amide bonds. The minimum Gasteiger partial charge on any atom is -0.494 e. The lowest BCUT2D eigenvalue weighted by atomic mass is 10.0. The van der Waals surface area contributed by atoms with Crippen molar-refractivity contribution in [2.45, 2.75) is 33.1 Å². The highest BCUT2D eigenvalue weighted by Gasteiger charge is 2.07. The molecular formula is C15H25NO. The number of hydrogen-bond donors (Lipinski definition) is 1. The molecule has 1 aromatic carbocycles. The average Bonchev–Trinajstić information content (AvgIpc) is 2.37. The number of para-hydroxylation sites is 1. The maximum Gasteiger partial charge on any atom is 0.119 e. The molecular weight excluding hydrogens is 210 g/mol. The van der Waals surface area contributed by atoms with Crippen molar-refractivity contribution in [2.24, 2.45) is 5.92 Å². The van der Waals surface area contributed by atoms with Crippen molar-refractivity contribution in [1.82, 2.24) is 5.32 Å². The van der Waals surface area contributed by atoms with Crippen LogP contribution in [0.5, 0.6) is 5.75 Å². The van der Waals surface area contributed by atoms with Gasteiger partial charge in [0.15, 0.2) is 0 Å². The van der Waals surface area contributed by atoms with Crippen molar-refractivity contribution < 1.29 is 4.74 Å². The topological polar surface area (TPSA) is 21.3 Å². The number of rotatable bonds is 9. The quantitative estimate of drug-likeness (QED) is 0.707. The summed E-state index contributed by atoms with van der Waals surface area (Å²) in [6, 6.07) is 10.1. The predicted molar refractivity (Wildman–Crippen MR) is 73.5 cm³/mol. The van der Waals surface area contributed by atoms with Crippen molar-refractivity contribution in [3.8, 4) is 5.75 Å². The second-order valence-electron chi connectivity index (χ2n) is 4.41. The molecule has 96 valence electrons. The lowest BCUT2D eigenvalue weighted by molar-refractivity contribution is 0.268. The van der Waals surface area contributed by atoms with Crippen LogP contribution < -0.4 is 10.1 Å². The van der Waals surface area contributed by atoms with Crippen LogP contribution in [0.3, 0.4) is 0 Å². The molecule has 2 heteroatoms. The lowest BCUT2D eigenvalue weighted by Crippen LogP contribution is -2.23. The highest BCUT2D eigenvalue weighted by Crippen LogP contribution is 2.13. The van der Waals surface area contributed by atoms with E-state index in [2.05, 4.69) is 19.2 Å². The summed E-state index contributed by atoms with van der Waals surface area (Å²) in [5.74, 6) is 1.72. The summed E-state index contributed by atoms with van der Waals surface area (Å²) in [5.41, 5.74) is 0. The summed E-state index contributed by atoms with van der Waals surface area (Å²) in [7, 11) is 0. The largest absolute Gasteiger partial charge is 0.494 e. The number of hydrogen-bond acceptors (Lipinski definition) is 2. The van der Waals surface area contributed by atoms with Crippen LogP contribution in [0.4, 0.5) is 0 Å². The van der Waals surface area contributed by atoms with Gasteiger partial charge in [-0.05, 0) is 44.0 Å². The van der Waals surface area contributed by atoms with Crippen molar-refractivity contribution >= 4 is 0 Å². The van der Waals surface area contributed by atoms with Gasteiger partial charge in [0.05, 0.1) is 6.61 Å². The molecule has 1 unspecified atom stereocenters. The zero-order chi connectivity index (χ0) is 12.3. The van der Waals surface area contributed by atoms with Gasteiger partial charge in [0.1, 0.15) is 5.75 Å². The minimum absolute atomic E-state index is 0.740. The molecule has 1 aromatic rings. The van der Waals surface area contributed by atoms with Crippen LogP contribution >= 0.6 is 0 Å². The van der Waals surface area contributed by atoms with E-state index in [0.29, 0.717) is 0 Å². The van der Waals surface area contributed by atoms with Crippen molar-refractivity contribution in [2.75, 3.05) is 19.7 Å². The summed E-state index contributed by atoms with van der Waals surface area (Å²) in [6.07, 6.45) is 3.67. The molecule has 0 heterocycles. The normalized spacial score (nSPS) is 12.4. The van der Waals surface area contributed by atoms with Gasteiger partial charge in [-0.15, -0.1) is 0 Å². The van der Waals surface area contributed by atoms with Gasteiger partial charge in [-0.2, -0.15) is 0 Å². The Kier molecular flexibility index (Phi) is 7.48. The Hall–Kier alpha value is -1.02. The van der Waals surface area contributed by atoms with Gasteiger partial charge in [0.25, 0.3) is 0 Å². The monoisotopic (exact) mass is 235 g/mol.